The summed E-state index contributed by atoms with van der Waals surface area (Å²) in [6.07, 6.45) is 6.87. The van der Waals surface area contributed by atoms with Crippen molar-refractivity contribution in [3.05, 3.63) is 89.1 Å². The van der Waals surface area contributed by atoms with E-state index < -0.39 is 17.7 Å². The number of halogens is 1. The summed E-state index contributed by atoms with van der Waals surface area (Å²) in [5.41, 5.74) is 1.03. The standard InChI is InChI=1S/C30H37ClN2O5/c1-8-11-24(16-14-21-12-10-13-23(31)18-21)33(20-22-15-17-25(36-6)19-27(22)37-7)28(34)26(9-2)32-29(35)38-30(3,4)5/h8-10,12-19,24H,1,11,20H2,2-7H3,(H,32,35)/b16-14+,26-9-. The van der Waals surface area contributed by atoms with E-state index in [1.165, 1.54) is 0 Å². The van der Waals surface area contributed by atoms with E-state index in [4.69, 9.17) is 25.8 Å². The highest BCUT2D eigenvalue weighted by atomic mass is 35.5. The summed E-state index contributed by atoms with van der Waals surface area (Å²) in [5, 5.41) is 3.22. The lowest BCUT2D eigenvalue weighted by Crippen LogP contribution is -2.44. The lowest BCUT2D eigenvalue weighted by Gasteiger charge is -2.31. The van der Waals surface area contributed by atoms with Crippen molar-refractivity contribution in [1.29, 1.82) is 0 Å². The zero-order chi connectivity index (χ0) is 28.3. The Hall–Kier alpha value is -3.71. The van der Waals surface area contributed by atoms with Crippen LogP contribution < -0.4 is 14.8 Å². The van der Waals surface area contributed by atoms with Crippen molar-refractivity contribution in [1.82, 2.24) is 10.2 Å². The summed E-state index contributed by atoms with van der Waals surface area (Å²) in [6, 6.07) is 12.4. The van der Waals surface area contributed by atoms with Crippen LogP contribution in [0.2, 0.25) is 5.02 Å². The summed E-state index contributed by atoms with van der Waals surface area (Å²) >= 11 is 6.16. The fourth-order valence-corrected chi connectivity index (χ4v) is 3.83. The molecule has 1 N–H and O–H groups in total. The number of nitrogens with zero attached hydrogens (tertiary/aromatic N) is 1. The molecule has 0 saturated carbocycles. The van der Waals surface area contributed by atoms with Crippen molar-refractivity contribution in [2.75, 3.05) is 14.2 Å². The number of carbonyl (C=O) groups is 2. The topological polar surface area (TPSA) is 77.1 Å². The number of nitrogens with one attached hydrogen (secondary N) is 1. The van der Waals surface area contributed by atoms with Gasteiger partial charge in [-0.25, -0.2) is 4.79 Å². The molecule has 2 rings (SSSR count). The molecule has 2 aromatic carbocycles. The third-order valence-corrected chi connectivity index (χ3v) is 5.65. The van der Waals surface area contributed by atoms with Gasteiger partial charge >= 0.3 is 6.09 Å². The fraction of sp³-hybridized carbons (Fsp3) is 0.333. The van der Waals surface area contributed by atoms with Gasteiger partial charge < -0.3 is 19.1 Å². The molecule has 7 nitrogen and oxygen atoms in total. The first-order valence-corrected chi connectivity index (χ1v) is 12.6. The number of hydrogen-bond donors (Lipinski definition) is 1. The van der Waals surface area contributed by atoms with Gasteiger partial charge in [0.05, 0.1) is 26.8 Å². The Bertz CT molecular complexity index is 1180. The minimum absolute atomic E-state index is 0.0944. The van der Waals surface area contributed by atoms with Crippen molar-refractivity contribution in [3.8, 4) is 11.5 Å². The first-order chi connectivity index (χ1) is 18.0. The molecule has 0 aliphatic rings. The maximum Gasteiger partial charge on any atom is 0.412 e. The third-order valence-electron chi connectivity index (χ3n) is 5.42. The molecular formula is C30H37ClN2O5. The maximum atomic E-state index is 13.9. The predicted molar refractivity (Wildman–Crippen MR) is 152 cm³/mol. The van der Waals surface area contributed by atoms with E-state index in [9.17, 15) is 9.59 Å². The van der Waals surface area contributed by atoms with E-state index in [0.29, 0.717) is 22.9 Å². The van der Waals surface area contributed by atoms with Gasteiger partial charge in [0.15, 0.2) is 0 Å². The largest absolute Gasteiger partial charge is 0.497 e. The van der Waals surface area contributed by atoms with E-state index in [0.717, 1.165) is 11.1 Å². The van der Waals surface area contributed by atoms with Crippen molar-refractivity contribution < 1.29 is 23.8 Å². The van der Waals surface area contributed by atoms with Gasteiger partial charge in [-0.1, -0.05) is 48.0 Å². The molecule has 0 fully saturated rings. The molecular weight excluding hydrogens is 504 g/mol. The molecule has 1 unspecified atom stereocenters. The van der Waals surface area contributed by atoms with Crippen LogP contribution in [0.25, 0.3) is 6.08 Å². The Labute approximate surface area is 230 Å². The predicted octanol–water partition coefficient (Wildman–Crippen LogP) is 6.77. The number of alkyl carbamates (subject to hydrolysis) is 1. The highest BCUT2D eigenvalue weighted by Crippen LogP contribution is 2.28. The zero-order valence-corrected chi connectivity index (χ0v) is 23.7. The van der Waals surface area contributed by atoms with Crippen molar-refractivity contribution in [3.63, 3.8) is 0 Å². The van der Waals surface area contributed by atoms with Crippen LogP contribution in [0.1, 0.15) is 45.2 Å². The molecule has 0 aliphatic heterocycles. The Morgan fingerprint density at radius 2 is 1.87 bits per heavy atom. The Morgan fingerprint density at radius 1 is 1.13 bits per heavy atom. The molecule has 0 aromatic heterocycles. The maximum absolute atomic E-state index is 13.9. The molecule has 2 aromatic rings. The number of carbonyl (C=O) groups excluding carboxylic acids is 2. The average Bonchev–Trinajstić information content (AvgIpc) is 2.87. The van der Waals surface area contributed by atoms with E-state index in [1.807, 2.05) is 36.4 Å². The molecule has 8 heteroatoms. The number of amides is 2. The highest BCUT2D eigenvalue weighted by molar-refractivity contribution is 6.30. The molecule has 38 heavy (non-hydrogen) atoms. The Kier molecular flexibility index (Phi) is 11.5. The monoisotopic (exact) mass is 540 g/mol. The van der Waals surface area contributed by atoms with Gasteiger partial charge in [-0.05, 0) is 63.9 Å². The van der Waals surface area contributed by atoms with Crippen LogP contribution in [0, 0.1) is 0 Å². The van der Waals surface area contributed by atoms with Gasteiger partial charge in [-0.15, -0.1) is 6.58 Å². The number of allylic oxidation sites excluding steroid dienone is 1. The van der Waals surface area contributed by atoms with Crippen LogP contribution in [0.5, 0.6) is 11.5 Å². The summed E-state index contributed by atoms with van der Waals surface area (Å²) in [5.74, 6) is 0.812. The second kappa shape index (κ2) is 14.3. The molecule has 0 radical (unpaired) electrons. The third kappa shape index (κ3) is 9.30. The van der Waals surface area contributed by atoms with Crippen molar-refractivity contribution in [2.24, 2.45) is 0 Å². The highest BCUT2D eigenvalue weighted by Gasteiger charge is 2.27. The van der Waals surface area contributed by atoms with Crippen LogP contribution in [0.4, 0.5) is 4.79 Å². The second-order valence-electron chi connectivity index (χ2n) is 9.45. The lowest BCUT2D eigenvalue weighted by molar-refractivity contribution is -0.129. The van der Waals surface area contributed by atoms with Crippen molar-refractivity contribution >= 4 is 29.7 Å². The number of rotatable bonds is 11. The Balaban J connectivity index is 2.50. The minimum atomic E-state index is -0.715. The van der Waals surface area contributed by atoms with Crippen molar-refractivity contribution in [2.45, 2.75) is 52.3 Å². The van der Waals surface area contributed by atoms with Gasteiger partial charge in [0.25, 0.3) is 5.91 Å². The number of hydrogen-bond acceptors (Lipinski definition) is 5. The summed E-state index contributed by atoms with van der Waals surface area (Å²) in [4.78, 5) is 28.1. The quantitative estimate of drug-likeness (QED) is 0.251. The van der Waals surface area contributed by atoms with E-state index in [-0.39, 0.29) is 18.1 Å². The van der Waals surface area contributed by atoms with Gasteiger partial charge in [0.1, 0.15) is 22.8 Å². The molecule has 1 atom stereocenters. The lowest BCUT2D eigenvalue weighted by atomic mass is 10.1. The number of benzene rings is 2. The molecule has 2 amide bonds. The molecule has 0 heterocycles. The van der Waals surface area contributed by atoms with Crippen LogP contribution in [0.3, 0.4) is 0 Å². The molecule has 0 spiro atoms. The van der Waals surface area contributed by atoms with Crippen LogP contribution in [-0.4, -0.2) is 42.8 Å². The summed E-state index contributed by atoms with van der Waals surface area (Å²) < 4.78 is 16.3. The molecule has 204 valence electrons. The first-order valence-electron chi connectivity index (χ1n) is 12.2. The van der Waals surface area contributed by atoms with Crippen LogP contribution in [-0.2, 0) is 16.1 Å². The van der Waals surface area contributed by atoms with Gasteiger partial charge in [0.2, 0.25) is 0 Å². The SMILES string of the molecule is C=CCC(/C=C/c1cccc(Cl)c1)N(Cc1ccc(OC)cc1OC)C(=O)/C(=C/C)NC(=O)OC(C)(C)C. The van der Waals surface area contributed by atoms with Crippen LogP contribution in [0.15, 0.2) is 73.0 Å². The minimum Gasteiger partial charge on any atom is -0.497 e. The van der Waals surface area contributed by atoms with Gasteiger partial charge in [-0.2, -0.15) is 0 Å². The van der Waals surface area contributed by atoms with E-state index in [1.54, 1.807) is 77.2 Å². The normalized spacial score (nSPS) is 12.6. The van der Waals surface area contributed by atoms with Gasteiger partial charge in [0, 0.05) is 16.7 Å². The molecule has 0 aliphatic carbocycles. The van der Waals surface area contributed by atoms with E-state index >= 15 is 0 Å². The smallest absolute Gasteiger partial charge is 0.412 e. The van der Waals surface area contributed by atoms with E-state index in [2.05, 4.69) is 11.9 Å². The summed E-state index contributed by atoms with van der Waals surface area (Å²) in [6.45, 7) is 11.0. The molecule has 0 bridgehead atoms. The average molecular weight is 541 g/mol. The van der Waals surface area contributed by atoms with Crippen LogP contribution >= 0.6 is 11.6 Å². The number of methoxy groups -OCH3 is 2. The first kappa shape index (κ1) is 30.5. The number of ether oxygens (including phenoxy) is 3. The summed E-state index contributed by atoms with van der Waals surface area (Å²) in [7, 11) is 3.14. The second-order valence-corrected chi connectivity index (χ2v) is 9.88. The zero-order valence-electron chi connectivity index (χ0n) is 22.9. The fourth-order valence-electron chi connectivity index (χ4n) is 3.64. The van der Waals surface area contributed by atoms with Gasteiger partial charge in [-0.3, -0.25) is 10.1 Å². The Morgan fingerprint density at radius 3 is 2.45 bits per heavy atom. The molecule has 0 saturated heterocycles.